The molecule has 4 heteroatoms. The molecule has 0 bridgehead atoms. The third-order valence-corrected chi connectivity index (χ3v) is 1.90. The van der Waals surface area contributed by atoms with Gasteiger partial charge in [-0.05, 0) is 22.0 Å². The summed E-state index contributed by atoms with van der Waals surface area (Å²) in [4.78, 5) is 0. The second-order valence-corrected chi connectivity index (χ2v) is 3.04. The Morgan fingerprint density at radius 1 is 1.36 bits per heavy atom. The molecule has 0 atom stereocenters. The third-order valence-electron chi connectivity index (χ3n) is 1.48. The van der Waals surface area contributed by atoms with Gasteiger partial charge in [0, 0.05) is 5.56 Å². The second kappa shape index (κ2) is 2.97. The zero-order valence-corrected chi connectivity index (χ0v) is 7.33. The lowest BCUT2D eigenvalue weighted by molar-refractivity contribution is -0.0444. The first-order chi connectivity index (χ1) is 5.36. The van der Waals surface area contributed by atoms with Gasteiger partial charge in [-0.15, -0.1) is 0 Å². The summed E-state index contributed by atoms with van der Waals surface area (Å²) in [7, 11) is 0. The van der Waals surface area contributed by atoms with Gasteiger partial charge in [-0.25, -0.2) is 0 Å². The van der Waals surface area contributed by atoms with Crippen LogP contribution in [0.5, 0.6) is 0 Å². The molecule has 0 spiro atoms. The van der Waals surface area contributed by atoms with Crippen LogP contribution < -0.4 is 0 Å². The van der Waals surface area contributed by atoms with E-state index in [1.807, 2.05) is 6.07 Å². The van der Waals surface area contributed by atoms with Crippen molar-refractivity contribution in [2.45, 2.75) is 6.29 Å². The van der Waals surface area contributed by atoms with Gasteiger partial charge in [-0.1, -0.05) is 0 Å². The number of rotatable bonds is 1. The highest BCUT2D eigenvalue weighted by molar-refractivity contribution is 9.10. The molecule has 1 aliphatic rings. The molecule has 0 saturated carbocycles. The molecule has 1 aromatic rings. The molecule has 1 saturated heterocycles. The number of furan rings is 1. The molecule has 0 N–H and O–H groups in total. The van der Waals surface area contributed by atoms with Crippen molar-refractivity contribution in [1.29, 1.82) is 0 Å². The van der Waals surface area contributed by atoms with Crippen molar-refractivity contribution in [3.63, 3.8) is 0 Å². The molecule has 0 amide bonds. The van der Waals surface area contributed by atoms with E-state index in [0.29, 0.717) is 17.9 Å². The maximum Gasteiger partial charge on any atom is 0.187 e. The van der Waals surface area contributed by atoms with Crippen LogP contribution in [0.15, 0.2) is 21.4 Å². The van der Waals surface area contributed by atoms with Gasteiger partial charge >= 0.3 is 0 Å². The highest BCUT2D eigenvalue weighted by Gasteiger charge is 2.19. The summed E-state index contributed by atoms with van der Waals surface area (Å²) in [5.41, 5.74) is 0.925. The molecular weight excluding hydrogens is 212 g/mol. The lowest BCUT2D eigenvalue weighted by Gasteiger charge is -2.03. The Bertz CT molecular complexity index is 240. The Hall–Kier alpha value is -0.320. The van der Waals surface area contributed by atoms with E-state index >= 15 is 0 Å². The summed E-state index contributed by atoms with van der Waals surface area (Å²) in [6, 6.07) is 1.84. The van der Waals surface area contributed by atoms with E-state index in [-0.39, 0.29) is 6.29 Å². The van der Waals surface area contributed by atoms with E-state index < -0.39 is 0 Å². The first kappa shape index (κ1) is 7.34. The summed E-state index contributed by atoms with van der Waals surface area (Å²) in [6.07, 6.45) is 1.39. The van der Waals surface area contributed by atoms with Gasteiger partial charge in [0.15, 0.2) is 11.0 Å². The normalized spacial score (nSPS) is 19.4. The Kier molecular flexibility index (Phi) is 1.98. The molecule has 0 radical (unpaired) electrons. The standard InChI is InChI=1S/C7H7BrO3/c8-6-3-5(4-11-6)7-9-1-2-10-7/h3-4,7H,1-2H2. The minimum absolute atomic E-state index is 0.231. The predicted octanol–water partition coefficient (Wildman–Crippen LogP) is 2.09. The topological polar surface area (TPSA) is 31.6 Å². The smallest absolute Gasteiger partial charge is 0.187 e. The average Bonchev–Trinajstić information content (AvgIpc) is 2.55. The zero-order valence-electron chi connectivity index (χ0n) is 5.75. The van der Waals surface area contributed by atoms with Crippen LogP contribution in [-0.4, -0.2) is 13.2 Å². The molecular formula is C7H7BrO3. The van der Waals surface area contributed by atoms with Gasteiger partial charge in [-0.3, -0.25) is 0 Å². The first-order valence-electron chi connectivity index (χ1n) is 3.33. The van der Waals surface area contributed by atoms with Crippen LogP contribution in [0.1, 0.15) is 11.9 Å². The van der Waals surface area contributed by atoms with Crippen LogP contribution in [0.3, 0.4) is 0 Å². The highest BCUT2D eigenvalue weighted by Crippen LogP contribution is 2.26. The van der Waals surface area contributed by atoms with Crippen LogP contribution in [0, 0.1) is 0 Å². The van der Waals surface area contributed by atoms with Crippen LogP contribution in [0.25, 0.3) is 0 Å². The van der Waals surface area contributed by atoms with Crippen LogP contribution in [0.4, 0.5) is 0 Å². The number of hydrogen-bond acceptors (Lipinski definition) is 3. The van der Waals surface area contributed by atoms with Crippen LogP contribution in [-0.2, 0) is 9.47 Å². The minimum Gasteiger partial charge on any atom is -0.457 e. The van der Waals surface area contributed by atoms with E-state index in [9.17, 15) is 0 Å². The molecule has 0 unspecified atom stereocenters. The Balaban J connectivity index is 2.15. The lowest BCUT2D eigenvalue weighted by atomic mass is 10.3. The molecule has 3 nitrogen and oxygen atoms in total. The van der Waals surface area contributed by atoms with Crippen molar-refractivity contribution in [3.05, 3.63) is 22.6 Å². The van der Waals surface area contributed by atoms with E-state index in [0.717, 1.165) is 5.56 Å². The molecule has 11 heavy (non-hydrogen) atoms. The highest BCUT2D eigenvalue weighted by atomic mass is 79.9. The van der Waals surface area contributed by atoms with Crippen molar-refractivity contribution in [1.82, 2.24) is 0 Å². The van der Waals surface area contributed by atoms with E-state index in [1.165, 1.54) is 0 Å². The number of ether oxygens (including phenoxy) is 2. The fourth-order valence-electron chi connectivity index (χ4n) is 0.998. The number of hydrogen-bond donors (Lipinski definition) is 0. The molecule has 1 aliphatic heterocycles. The molecule has 1 aromatic heterocycles. The molecule has 0 aliphatic carbocycles. The van der Waals surface area contributed by atoms with Gasteiger partial charge in [0.25, 0.3) is 0 Å². The van der Waals surface area contributed by atoms with Crippen molar-refractivity contribution in [2.24, 2.45) is 0 Å². The predicted molar refractivity (Wildman–Crippen MR) is 41.1 cm³/mol. The number of halogens is 1. The largest absolute Gasteiger partial charge is 0.457 e. The second-order valence-electron chi connectivity index (χ2n) is 2.26. The maximum atomic E-state index is 5.25. The van der Waals surface area contributed by atoms with Gasteiger partial charge in [0.1, 0.15) is 6.26 Å². The monoisotopic (exact) mass is 218 g/mol. The summed E-state index contributed by atoms with van der Waals surface area (Å²) in [5, 5.41) is 0. The zero-order chi connectivity index (χ0) is 7.68. The lowest BCUT2D eigenvalue weighted by Crippen LogP contribution is -1.94. The van der Waals surface area contributed by atoms with E-state index in [2.05, 4.69) is 15.9 Å². The summed E-state index contributed by atoms with van der Waals surface area (Å²) in [5.74, 6) is 0. The first-order valence-corrected chi connectivity index (χ1v) is 4.13. The Morgan fingerprint density at radius 2 is 2.09 bits per heavy atom. The Labute approximate surface area is 72.4 Å². The quantitative estimate of drug-likeness (QED) is 0.724. The molecule has 0 aromatic carbocycles. The van der Waals surface area contributed by atoms with Gasteiger partial charge in [-0.2, -0.15) is 0 Å². The van der Waals surface area contributed by atoms with Crippen LogP contribution >= 0.6 is 15.9 Å². The fourth-order valence-corrected chi connectivity index (χ4v) is 1.36. The van der Waals surface area contributed by atoms with Crippen LogP contribution in [0.2, 0.25) is 0 Å². The molecule has 2 rings (SSSR count). The van der Waals surface area contributed by atoms with Crippen molar-refractivity contribution in [3.8, 4) is 0 Å². The maximum absolute atomic E-state index is 5.25. The summed E-state index contributed by atoms with van der Waals surface area (Å²) >= 11 is 3.20. The SMILES string of the molecule is Brc1cc(C2OCCO2)co1. The fraction of sp³-hybridized carbons (Fsp3) is 0.429. The molecule has 60 valence electrons. The van der Waals surface area contributed by atoms with E-state index in [4.69, 9.17) is 13.9 Å². The van der Waals surface area contributed by atoms with Crippen molar-refractivity contribution < 1.29 is 13.9 Å². The molecule has 2 heterocycles. The summed E-state index contributed by atoms with van der Waals surface area (Å²) < 4.78 is 16.2. The average molecular weight is 219 g/mol. The van der Waals surface area contributed by atoms with Gasteiger partial charge in [0.2, 0.25) is 0 Å². The Morgan fingerprint density at radius 3 is 2.64 bits per heavy atom. The third kappa shape index (κ3) is 1.47. The van der Waals surface area contributed by atoms with Gasteiger partial charge < -0.3 is 13.9 Å². The molecule has 1 fully saturated rings. The van der Waals surface area contributed by atoms with Gasteiger partial charge in [0.05, 0.1) is 13.2 Å². The van der Waals surface area contributed by atoms with Crippen molar-refractivity contribution in [2.75, 3.05) is 13.2 Å². The van der Waals surface area contributed by atoms with Crippen molar-refractivity contribution >= 4 is 15.9 Å². The summed E-state index contributed by atoms with van der Waals surface area (Å²) in [6.45, 7) is 1.32. The minimum atomic E-state index is -0.231. The van der Waals surface area contributed by atoms with E-state index in [1.54, 1.807) is 6.26 Å².